The maximum atomic E-state index is 13.9. The summed E-state index contributed by atoms with van der Waals surface area (Å²) in [6, 6.07) is 15.3. The Morgan fingerprint density at radius 3 is 2.39 bits per heavy atom. The van der Waals surface area contributed by atoms with Crippen molar-refractivity contribution in [2.45, 2.75) is 44.7 Å². The van der Waals surface area contributed by atoms with Crippen molar-refractivity contribution in [3.05, 3.63) is 98.8 Å². The molecule has 2 N–H and O–H groups in total. The lowest BCUT2D eigenvalue weighted by Crippen LogP contribution is -2.46. The summed E-state index contributed by atoms with van der Waals surface area (Å²) >= 11 is 12.1. The number of nitrogens with zero attached hydrogens (tertiary/aromatic N) is 2. The van der Waals surface area contributed by atoms with E-state index in [1.165, 1.54) is 20.2 Å². The zero-order valence-electron chi connectivity index (χ0n) is 20.4. The highest BCUT2D eigenvalue weighted by atomic mass is 35.5. The van der Waals surface area contributed by atoms with E-state index in [2.05, 4.69) is 10.3 Å². The number of nitrogens with one attached hydrogen (secondary N) is 1. The van der Waals surface area contributed by atoms with Crippen molar-refractivity contribution < 1.29 is 19.4 Å². The smallest absolute Gasteiger partial charge is 0.257 e. The van der Waals surface area contributed by atoms with E-state index in [0.29, 0.717) is 38.0 Å². The minimum Gasteiger partial charge on any atom is -0.376 e. The summed E-state index contributed by atoms with van der Waals surface area (Å²) in [4.78, 5) is 32.5. The Morgan fingerprint density at radius 2 is 1.81 bits per heavy atom. The molecule has 2 amide bonds. The van der Waals surface area contributed by atoms with Crippen LogP contribution in [0.2, 0.25) is 10.0 Å². The Hall–Kier alpha value is -2.97. The second kappa shape index (κ2) is 9.82. The van der Waals surface area contributed by atoms with Crippen molar-refractivity contribution in [1.29, 1.82) is 0 Å². The summed E-state index contributed by atoms with van der Waals surface area (Å²) in [5.74, 6) is -0.888. The number of amides is 2. The Morgan fingerprint density at radius 1 is 1.14 bits per heavy atom. The van der Waals surface area contributed by atoms with Crippen LogP contribution in [0.5, 0.6) is 0 Å². The fraction of sp³-hybridized carbons (Fsp3) is 0.296. The zero-order valence-corrected chi connectivity index (χ0v) is 21.9. The van der Waals surface area contributed by atoms with E-state index in [1.54, 1.807) is 59.5 Å². The standard InChI is InChI=1S/C27H27Cl2N3O4/c1-16(2)31-25(34)26(3,35)18-7-12-23-22(13-18)24(33)32(15-21-11-10-20(29)14-30-21)27(23,36-4)17-5-8-19(28)9-6-17/h5-14,16,35H,15H2,1-4H3,(H,31,34)/t26?,27-/m1/s1. The fourth-order valence-electron chi connectivity index (χ4n) is 4.46. The molecule has 2 atom stereocenters. The van der Waals surface area contributed by atoms with Crippen LogP contribution in [0.25, 0.3) is 0 Å². The van der Waals surface area contributed by atoms with Gasteiger partial charge in [0, 0.05) is 41.1 Å². The van der Waals surface area contributed by atoms with E-state index in [9.17, 15) is 14.7 Å². The summed E-state index contributed by atoms with van der Waals surface area (Å²) in [5.41, 5.74) is -0.651. The van der Waals surface area contributed by atoms with Crippen molar-refractivity contribution in [3.63, 3.8) is 0 Å². The number of halogens is 2. The summed E-state index contributed by atoms with van der Waals surface area (Å²) in [6.07, 6.45) is 1.52. The van der Waals surface area contributed by atoms with E-state index < -0.39 is 17.2 Å². The first-order chi connectivity index (χ1) is 17.0. The Bertz CT molecular complexity index is 1290. The molecule has 0 saturated heterocycles. The number of hydrogen-bond acceptors (Lipinski definition) is 5. The third kappa shape index (κ3) is 4.48. The lowest BCUT2D eigenvalue weighted by molar-refractivity contribution is -0.139. The van der Waals surface area contributed by atoms with Crippen molar-refractivity contribution in [2.24, 2.45) is 0 Å². The molecule has 1 aliphatic rings. The van der Waals surface area contributed by atoms with Crippen LogP contribution >= 0.6 is 23.2 Å². The third-order valence-electron chi connectivity index (χ3n) is 6.30. The van der Waals surface area contributed by atoms with Crippen molar-refractivity contribution in [1.82, 2.24) is 15.2 Å². The van der Waals surface area contributed by atoms with Gasteiger partial charge in [0.05, 0.1) is 17.3 Å². The van der Waals surface area contributed by atoms with Crippen LogP contribution in [0.15, 0.2) is 60.8 Å². The number of benzene rings is 2. The Labute approximate surface area is 220 Å². The van der Waals surface area contributed by atoms with Crippen LogP contribution in [-0.4, -0.2) is 40.0 Å². The molecule has 0 aliphatic carbocycles. The van der Waals surface area contributed by atoms with Gasteiger partial charge in [-0.15, -0.1) is 0 Å². The highest BCUT2D eigenvalue weighted by Gasteiger charge is 2.52. The number of fused-ring (bicyclic) bond motifs is 1. The largest absolute Gasteiger partial charge is 0.376 e. The molecule has 0 saturated carbocycles. The number of carbonyl (C=O) groups excluding carboxylic acids is 2. The molecule has 2 aromatic carbocycles. The first-order valence-corrected chi connectivity index (χ1v) is 12.2. The van der Waals surface area contributed by atoms with E-state index >= 15 is 0 Å². The lowest BCUT2D eigenvalue weighted by atomic mass is 9.88. The van der Waals surface area contributed by atoms with Gasteiger partial charge >= 0.3 is 0 Å². The Kier molecular flexibility index (Phi) is 7.12. The SMILES string of the molecule is CO[C@]1(c2ccc(Cl)cc2)c2ccc(C(C)(O)C(=O)NC(C)C)cc2C(=O)N1Cc1ccc(Cl)cn1. The summed E-state index contributed by atoms with van der Waals surface area (Å²) in [7, 11) is 1.53. The number of pyridine rings is 1. The molecular weight excluding hydrogens is 501 g/mol. The van der Waals surface area contributed by atoms with Crippen LogP contribution in [0.3, 0.4) is 0 Å². The molecule has 1 aliphatic heterocycles. The van der Waals surface area contributed by atoms with Gasteiger partial charge in [-0.25, -0.2) is 0 Å². The highest BCUT2D eigenvalue weighted by molar-refractivity contribution is 6.30. The quantitative estimate of drug-likeness (QED) is 0.467. The van der Waals surface area contributed by atoms with Gasteiger partial charge in [-0.1, -0.05) is 47.5 Å². The average Bonchev–Trinajstić information content (AvgIpc) is 3.08. The first-order valence-electron chi connectivity index (χ1n) is 11.4. The molecule has 0 fully saturated rings. The minimum atomic E-state index is -1.85. The fourth-order valence-corrected chi connectivity index (χ4v) is 4.70. The molecule has 1 unspecified atom stereocenters. The maximum Gasteiger partial charge on any atom is 0.257 e. The third-order valence-corrected chi connectivity index (χ3v) is 6.78. The molecule has 1 aromatic heterocycles. The van der Waals surface area contributed by atoms with Gasteiger partial charge in [0.15, 0.2) is 11.3 Å². The minimum absolute atomic E-state index is 0.126. The number of aliphatic hydroxyl groups is 1. The summed E-state index contributed by atoms with van der Waals surface area (Å²) < 4.78 is 6.12. The molecule has 0 spiro atoms. The van der Waals surface area contributed by atoms with Crippen LogP contribution in [0, 0.1) is 0 Å². The van der Waals surface area contributed by atoms with E-state index in [4.69, 9.17) is 27.9 Å². The topological polar surface area (TPSA) is 91.8 Å². The molecule has 9 heteroatoms. The molecule has 0 radical (unpaired) electrons. The van der Waals surface area contributed by atoms with Crippen molar-refractivity contribution >= 4 is 35.0 Å². The number of ether oxygens (including phenoxy) is 1. The normalized spacial score (nSPS) is 18.8. The molecule has 2 heterocycles. The van der Waals surface area contributed by atoms with Gasteiger partial charge in [-0.3, -0.25) is 19.5 Å². The Balaban J connectivity index is 1.87. The molecule has 0 bridgehead atoms. The predicted molar refractivity (Wildman–Crippen MR) is 138 cm³/mol. The van der Waals surface area contributed by atoms with Gasteiger partial charge in [0.2, 0.25) is 0 Å². The van der Waals surface area contributed by atoms with Gasteiger partial charge in [-0.05, 0) is 56.7 Å². The number of carbonyl (C=O) groups is 2. The molecular formula is C27H27Cl2N3O4. The lowest BCUT2D eigenvalue weighted by Gasteiger charge is -2.38. The first kappa shape index (κ1) is 26.1. The van der Waals surface area contributed by atoms with Crippen LogP contribution in [0.1, 0.15) is 53.5 Å². The van der Waals surface area contributed by atoms with E-state index in [1.807, 2.05) is 13.8 Å². The summed E-state index contributed by atoms with van der Waals surface area (Å²) in [6.45, 7) is 5.15. The average molecular weight is 528 g/mol. The molecule has 3 aromatic rings. The van der Waals surface area contributed by atoms with E-state index in [0.717, 1.165) is 0 Å². The van der Waals surface area contributed by atoms with Crippen LogP contribution in [0.4, 0.5) is 0 Å². The zero-order chi connectivity index (χ0) is 26.3. The molecule has 36 heavy (non-hydrogen) atoms. The van der Waals surface area contributed by atoms with Crippen LogP contribution in [-0.2, 0) is 27.4 Å². The van der Waals surface area contributed by atoms with Gasteiger partial charge in [-0.2, -0.15) is 0 Å². The van der Waals surface area contributed by atoms with Gasteiger partial charge in [0.25, 0.3) is 11.8 Å². The number of methoxy groups -OCH3 is 1. The predicted octanol–water partition coefficient (Wildman–Crippen LogP) is 4.62. The summed E-state index contributed by atoms with van der Waals surface area (Å²) in [5, 5.41) is 14.8. The molecule has 4 rings (SSSR count). The number of rotatable bonds is 7. The van der Waals surface area contributed by atoms with Crippen molar-refractivity contribution in [3.8, 4) is 0 Å². The molecule has 188 valence electrons. The second-order valence-electron chi connectivity index (χ2n) is 9.17. The monoisotopic (exact) mass is 527 g/mol. The number of aromatic nitrogens is 1. The number of hydrogen-bond donors (Lipinski definition) is 2. The highest BCUT2D eigenvalue weighted by Crippen LogP contribution is 2.46. The van der Waals surface area contributed by atoms with Crippen LogP contribution < -0.4 is 5.32 Å². The molecule has 7 nitrogen and oxygen atoms in total. The maximum absolute atomic E-state index is 13.9. The van der Waals surface area contributed by atoms with Crippen molar-refractivity contribution in [2.75, 3.05) is 7.11 Å². The second-order valence-corrected chi connectivity index (χ2v) is 10.0. The van der Waals surface area contributed by atoms with E-state index in [-0.39, 0.29) is 18.5 Å². The van der Waals surface area contributed by atoms with Gasteiger partial charge < -0.3 is 15.2 Å². The van der Waals surface area contributed by atoms with Gasteiger partial charge in [0.1, 0.15) is 0 Å².